The summed E-state index contributed by atoms with van der Waals surface area (Å²) >= 11 is 0. The monoisotopic (exact) mass is 101 g/mol. The van der Waals surface area contributed by atoms with Crippen LogP contribution in [0.15, 0.2) is 4.99 Å². The molecule has 0 aromatic rings. The molecular weight excluding hydrogens is 94.0 g/mol. The lowest BCUT2D eigenvalue weighted by Crippen LogP contribution is -2.11. The Bertz CT molecular complexity index is 89.7. The van der Waals surface area contributed by atoms with E-state index in [-0.39, 0.29) is 0 Å². The van der Waals surface area contributed by atoms with Gasteiger partial charge in [-0.25, -0.2) is 0 Å². The van der Waals surface area contributed by atoms with E-state index in [4.69, 9.17) is 0 Å². The molecule has 3 heteroatoms. The van der Waals surface area contributed by atoms with Crippen molar-refractivity contribution in [3.63, 3.8) is 0 Å². The zero-order valence-corrected chi connectivity index (χ0v) is 4.18. The van der Waals surface area contributed by atoms with E-state index in [1.807, 2.05) is 0 Å². The van der Waals surface area contributed by atoms with E-state index in [1.54, 1.807) is 6.92 Å². The third-order valence-electron chi connectivity index (χ3n) is 0.689. The zero-order chi connectivity index (χ0) is 5.11. The molecule has 40 valence electrons. The Labute approximate surface area is 41.9 Å². The molecule has 0 fully saturated rings. The number of nitrogens with zero attached hydrogens (tertiary/aromatic N) is 1. The molecule has 0 saturated heterocycles. The van der Waals surface area contributed by atoms with Gasteiger partial charge < -0.3 is 4.89 Å². The first-order valence-electron chi connectivity index (χ1n) is 2.20. The topological polar surface area (TPSA) is 30.8 Å². The molecule has 3 nitrogen and oxygen atoms in total. The molecule has 1 aliphatic heterocycles. The predicted molar refractivity (Wildman–Crippen MR) is 25.0 cm³/mol. The number of aliphatic imine (C=N–C) groups is 1. The lowest BCUT2D eigenvalue weighted by molar-refractivity contribution is -0.227. The lowest BCUT2D eigenvalue weighted by Gasteiger charge is -2.06. The van der Waals surface area contributed by atoms with Gasteiger partial charge in [0.2, 0.25) is 5.90 Å². The first-order valence-corrected chi connectivity index (χ1v) is 2.20. The van der Waals surface area contributed by atoms with E-state index in [2.05, 4.69) is 14.8 Å². The van der Waals surface area contributed by atoms with Crippen LogP contribution in [-0.2, 0) is 9.78 Å². The molecule has 1 aliphatic rings. The summed E-state index contributed by atoms with van der Waals surface area (Å²) in [5.74, 6) is 0.617. The van der Waals surface area contributed by atoms with Gasteiger partial charge in [0, 0.05) is 6.92 Å². The SMILES string of the molecule is CC1=NCCOO1. The Morgan fingerprint density at radius 2 is 2.57 bits per heavy atom. The van der Waals surface area contributed by atoms with Crippen molar-refractivity contribution in [2.75, 3.05) is 13.2 Å². The van der Waals surface area contributed by atoms with Crippen molar-refractivity contribution in [2.24, 2.45) is 4.99 Å². The number of rotatable bonds is 0. The van der Waals surface area contributed by atoms with Crippen LogP contribution < -0.4 is 0 Å². The summed E-state index contributed by atoms with van der Waals surface area (Å²) < 4.78 is 0. The van der Waals surface area contributed by atoms with Gasteiger partial charge in [0.05, 0.1) is 6.54 Å². The zero-order valence-electron chi connectivity index (χ0n) is 4.18. The maximum atomic E-state index is 4.55. The molecule has 0 spiro atoms. The molecule has 0 amide bonds. The highest BCUT2D eigenvalue weighted by molar-refractivity contribution is 5.72. The third-order valence-corrected chi connectivity index (χ3v) is 0.689. The van der Waals surface area contributed by atoms with Crippen LogP contribution in [0.1, 0.15) is 6.92 Å². The molecule has 0 atom stereocenters. The summed E-state index contributed by atoms with van der Waals surface area (Å²) in [6.07, 6.45) is 0. The van der Waals surface area contributed by atoms with E-state index in [0.717, 1.165) is 6.54 Å². The normalized spacial score (nSPS) is 20.4. The van der Waals surface area contributed by atoms with E-state index < -0.39 is 0 Å². The first-order chi connectivity index (χ1) is 3.39. The fraction of sp³-hybridized carbons (Fsp3) is 0.750. The Balaban J connectivity index is 2.40. The minimum Gasteiger partial charge on any atom is -0.322 e. The molecule has 0 bridgehead atoms. The Morgan fingerprint density at radius 1 is 1.71 bits per heavy atom. The summed E-state index contributed by atoms with van der Waals surface area (Å²) in [6, 6.07) is 0. The molecule has 1 rings (SSSR count). The van der Waals surface area contributed by atoms with Gasteiger partial charge >= 0.3 is 0 Å². The molecule has 0 unspecified atom stereocenters. The average molecular weight is 101 g/mol. The third kappa shape index (κ3) is 1.16. The van der Waals surface area contributed by atoms with E-state index in [0.29, 0.717) is 12.5 Å². The average Bonchev–Trinajstić information content (AvgIpc) is 1.69. The summed E-state index contributed by atoms with van der Waals surface area (Å²) in [6.45, 7) is 3.07. The van der Waals surface area contributed by atoms with Gasteiger partial charge in [-0.2, -0.15) is 4.89 Å². The minimum atomic E-state index is 0.581. The van der Waals surface area contributed by atoms with Crippen molar-refractivity contribution in [1.29, 1.82) is 0 Å². The number of hydrogen-bond donors (Lipinski definition) is 0. The second-order valence-electron chi connectivity index (χ2n) is 1.31. The van der Waals surface area contributed by atoms with Gasteiger partial charge in [-0.3, -0.25) is 4.99 Å². The van der Waals surface area contributed by atoms with Crippen LogP contribution in [0, 0.1) is 0 Å². The van der Waals surface area contributed by atoms with Crippen LogP contribution in [0.3, 0.4) is 0 Å². The fourth-order valence-electron chi connectivity index (χ4n) is 0.394. The summed E-state index contributed by atoms with van der Waals surface area (Å²) in [5.41, 5.74) is 0. The highest BCUT2D eigenvalue weighted by atomic mass is 17.2. The molecule has 0 aromatic carbocycles. The fourth-order valence-corrected chi connectivity index (χ4v) is 0.394. The van der Waals surface area contributed by atoms with Gasteiger partial charge in [-0.15, -0.1) is 0 Å². The first kappa shape index (κ1) is 4.59. The van der Waals surface area contributed by atoms with Crippen molar-refractivity contribution in [3.8, 4) is 0 Å². The molecule has 7 heavy (non-hydrogen) atoms. The van der Waals surface area contributed by atoms with E-state index in [9.17, 15) is 0 Å². The van der Waals surface area contributed by atoms with Crippen LogP contribution in [0.25, 0.3) is 0 Å². The molecule has 0 radical (unpaired) electrons. The van der Waals surface area contributed by atoms with Crippen molar-refractivity contribution < 1.29 is 9.78 Å². The van der Waals surface area contributed by atoms with Crippen molar-refractivity contribution in [2.45, 2.75) is 6.92 Å². The van der Waals surface area contributed by atoms with Gasteiger partial charge in [-0.1, -0.05) is 0 Å². The van der Waals surface area contributed by atoms with Crippen molar-refractivity contribution in [1.82, 2.24) is 0 Å². The Kier molecular flexibility index (Phi) is 1.26. The molecule has 0 N–H and O–H groups in total. The molecular formula is C4H7NO2. The maximum absolute atomic E-state index is 4.55. The predicted octanol–water partition coefficient (Wildman–Crippen LogP) is 0.367. The van der Waals surface area contributed by atoms with Crippen LogP contribution in [0.5, 0.6) is 0 Å². The second-order valence-corrected chi connectivity index (χ2v) is 1.31. The van der Waals surface area contributed by atoms with Gasteiger partial charge in [-0.05, 0) is 0 Å². The smallest absolute Gasteiger partial charge is 0.224 e. The second kappa shape index (κ2) is 1.93. The molecule has 0 aromatic heterocycles. The molecule has 1 heterocycles. The van der Waals surface area contributed by atoms with E-state index >= 15 is 0 Å². The summed E-state index contributed by atoms with van der Waals surface area (Å²) in [5, 5.41) is 0. The lowest BCUT2D eigenvalue weighted by atomic mass is 10.7. The highest BCUT2D eigenvalue weighted by Crippen LogP contribution is 1.90. The quantitative estimate of drug-likeness (QED) is 0.412. The Hall–Kier alpha value is -0.570. The Morgan fingerprint density at radius 3 is 2.86 bits per heavy atom. The van der Waals surface area contributed by atoms with Gasteiger partial charge in [0.15, 0.2) is 0 Å². The van der Waals surface area contributed by atoms with Crippen LogP contribution in [0.2, 0.25) is 0 Å². The van der Waals surface area contributed by atoms with Crippen molar-refractivity contribution >= 4 is 5.90 Å². The van der Waals surface area contributed by atoms with Gasteiger partial charge in [0.1, 0.15) is 6.61 Å². The van der Waals surface area contributed by atoms with Crippen molar-refractivity contribution in [3.05, 3.63) is 0 Å². The van der Waals surface area contributed by atoms with E-state index in [1.165, 1.54) is 0 Å². The minimum absolute atomic E-state index is 0.581. The van der Waals surface area contributed by atoms with Crippen LogP contribution >= 0.6 is 0 Å². The standard InChI is InChI=1S/C4H7NO2/c1-4-5-2-3-6-7-4/h2-3H2,1H3. The summed E-state index contributed by atoms with van der Waals surface area (Å²) in [4.78, 5) is 13.0. The highest BCUT2D eigenvalue weighted by Gasteiger charge is 1.97. The van der Waals surface area contributed by atoms with Crippen LogP contribution in [0.4, 0.5) is 0 Å². The maximum Gasteiger partial charge on any atom is 0.224 e. The molecule has 0 saturated carbocycles. The largest absolute Gasteiger partial charge is 0.322 e. The van der Waals surface area contributed by atoms with Crippen LogP contribution in [-0.4, -0.2) is 19.0 Å². The number of hydrogen-bond acceptors (Lipinski definition) is 3. The summed E-state index contributed by atoms with van der Waals surface area (Å²) in [7, 11) is 0. The van der Waals surface area contributed by atoms with Gasteiger partial charge in [0.25, 0.3) is 0 Å². The molecule has 0 aliphatic carbocycles.